The number of ether oxygens (including phenoxy) is 1. The number of H-pyrrole nitrogens is 1. The second-order valence-corrected chi connectivity index (χ2v) is 11.1. The van der Waals surface area contributed by atoms with E-state index in [2.05, 4.69) is 27.4 Å². The number of amides is 2. The number of thiophene rings is 1. The zero-order valence-electron chi connectivity index (χ0n) is 23.5. The van der Waals surface area contributed by atoms with Gasteiger partial charge in [0, 0.05) is 45.5 Å². The molecule has 1 aliphatic heterocycles. The highest BCUT2D eigenvalue weighted by molar-refractivity contribution is 7.18. The standard InChI is InChI=1S/C32H27F2N5O4S/c1-3-26(41)36-16(2)23-15-24(39-38-23)30-28(27-22(34)13-19(33)14-25(27)43-10-9-40)31-21(7-11-44-31)29(37-30)18-4-5-20-17(12-18)6-8-35-32(20)42/h3-5,7,11-16,40H,1,6,8-10H2,2H3,(H,35,42)(H,36,41)(H,38,39). The predicted molar refractivity (Wildman–Crippen MR) is 163 cm³/mol. The molecule has 5 aromatic rings. The number of nitrogens with one attached hydrogen (secondary N) is 3. The Hall–Kier alpha value is -4.94. The number of fused-ring (bicyclic) bond motifs is 2. The highest BCUT2D eigenvalue weighted by atomic mass is 32.1. The number of aliphatic hydroxyl groups is 1. The van der Waals surface area contributed by atoms with E-state index in [-0.39, 0.29) is 42.0 Å². The van der Waals surface area contributed by atoms with Gasteiger partial charge in [-0.2, -0.15) is 5.10 Å². The van der Waals surface area contributed by atoms with Crippen LogP contribution in [0, 0.1) is 11.6 Å². The molecule has 224 valence electrons. The summed E-state index contributed by atoms with van der Waals surface area (Å²) in [6, 6.07) is 10.5. The normalized spacial score (nSPS) is 13.3. The smallest absolute Gasteiger partial charge is 0.251 e. The van der Waals surface area contributed by atoms with E-state index in [0.29, 0.717) is 51.3 Å². The van der Waals surface area contributed by atoms with Gasteiger partial charge in [0.1, 0.15) is 35.4 Å². The number of carbonyl (C=O) groups is 2. The summed E-state index contributed by atoms with van der Waals surface area (Å²) in [5, 5.41) is 25.0. The third kappa shape index (κ3) is 5.33. The van der Waals surface area contributed by atoms with E-state index in [1.165, 1.54) is 11.3 Å². The molecule has 0 spiro atoms. The van der Waals surface area contributed by atoms with Crippen molar-refractivity contribution in [1.82, 2.24) is 25.8 Å². The van der Waals surface area contributed by atoms with Crippen LogP contribution in [-0.2, 0) is 11.2 Å². The van der Waals surface area contributed by atoms with Crippen molar-refractivity contribution in [1.29, 1.82) is 0 Å². The van der Waals surface area contributed by atoms with E-state index < -0.39 is 17.7 Å². The first-order valence-electron chi connectivity index (χ1n) is 13.8. The third-order valence-electron chi connectivity index (χ3n) is 7.38. The Kier molecular flexibility index (Phi) is 7.93. The minimum absolute atomic E-state index is 0.0268. The van der Waals surface area contributed by atoms with Gasteiger partial charge >= 0.3 is 0 Å². The Morgan fingerprint density at radius 3 is 2.84 bits per heavy atom. The van der Waals surface area contributed by atoms with Gasteiger partial charge in [0.05, 0.1) is 29.6 Å². The van der Waals surface area contributed by atoms with E-state index in [0.717, 1.165) is 29.3 Å². The minimum atomic E-state index is -0.870. The number of pyridine rings is 1. The molecule has 1 aliphatic rings. The molecule has 2 aromatic carbocycles. The maximum Gasteiger partial charge on any atom is 0.251 e. The zero-order valence-corrected chi connectivity index (χ0v) is 24.4. The number of carbonyl (C=O) groups excluding carboxylic acids is 2. The lowest BCUT2D eigenvalue weighted by Crippen LogP contribution is -2.31. The van der Waals surface area contributed by atoms with E-state index >= 15 is 4.39 Å². The number of halogens is 2. The molecule has 0 aliphatic carbocycles. The molecule has 0 bridgehead atoms. The highest BCUT2D eigenvalue weighted by Crippen LogP contribution is 2.47. The van der Waals surface area contributed by atoms with Gasteiger partial charge in [-0.1, -0.05) is 12.6 Å². The van der Waals surface area contributed by atoms with Crippen LogP contribution in [0.15, 0.2) is 60.5 Å². The van der Waals surface area contributed by atoms with Crippen molar-refractivity contribution in [3.05, 3.63) is 89.0 Å². The fourth-order valence-electron chi connectivity index (χ4n) is 5.33. The molecule has 4 heterocycles. The van der Waals surface area contributed by atoms with Crippen LogP contribution in [0.1, 0.15) is 34.6 Å². The molecule has 0 saturated carbocycles. The van der Waals surface area contributed by atoms with E-state index in [1.807, 2.05) is 23.6 Å². The van der Waals surface area contributed by atoms with Gasteiger partial charge in [-0.05, 0) is 54.6 Å². The van der Waals surface area contributed by atoms with Crippen LogP contribution in [0.2, 0.25) is 0 Å². The Balaban J connectivity index is 1.61. The monoisotopic (exact) mass is 615 g/mol. The van der Waals surface area contributed by atoms with E-state index in [1.54, 1.807) is 19.1 Å². The number of benzene rings is 2. The lowest BCUT2D eigenvalue weighted by Gasteiger charge is -2.19. The number of hydrogen-bond donors (Lipinski definition) is 4. The van der Waals surface area contributed by atoms with Crippen LogP contribution >= 0.6 is 11.3 Å². The van der Waals surface area contributed by atoms with Crippen LogP contribution in [-0.4, -0.2) is 51.9 Å². The van der Waals surface area contributed by atoms with Crippen LogP contribution in [0.3, 0.4) is 0 Å². The van der Waals surface area contributed by atoms with Crippen molar-refractivity contribution >= 4 is 33.2 Å². The fraction of sp³-hybridized carbons (Fsp3) is 0.188. The molecule has 1 atom stereocenters. The fourth-order valence-corrected chi connectivity index (χ4v) is 6.28. The Bertz CT molecular complexity index is 1940. The highest BCUT2D eigenvalue weighted by Gasteiger charge is 2.27. The van der Waals surface area contributed by atoms with Crippen molar-refractivity contribution < 1.29 is 28.2 Å². The summed E-state index contributed by atoms with van der Waals surface area (Å²) in [6.45, 7) is 5.24. The Morgan fingerprint density at radius 2 is 2.05 bits per heavy atom. The van der Waals surface area contributed by atoms with Crippen LogP contribution in [0.5, 0.6) is 5.75 Å². The first-order chi connectivity index (χ1) is 21.3. The molecule has 3 aromatic heterocycles. The lowest BCUT2D eigenvalue weighted by atomic mass is 9.93. The first kappa shape index (κ1) is 29.1. The van der Waals surface area contributed by atoms with Crippen LogP contribution in [0.25, 0.3) is 43.9 Å². The molecular formula is C32H27F2N5O4S. The van der Waals surface area contributed by atoms with E-state index in [4.69, 9.17) is 9.72 Å². The van der Waals surface area contributed by atoms with Gasteiger partial charge in [0.2, 0.25) is 5.91 Å². The van der Waals surface area contributed by atoms with Gasteiger partial charge in [0.25, 0.3) is 5.91 Å². The molecule has 0 fully saturated rings. The minimum Gasteiger partial charge on any atom is -0.490 e. The molecule has 1 unspecified atom stereocenters. The third-order valence-corrected chi connectivity index (χ3v) is 8.31. The molecule has 9 nitrogen and oxygen atoms in total. The quantitative estimate of drug-likeness (QED) is 0.166. The van der Waals surface area contributed by atoms with Crippen molar-refractivity contribution in [3.8, 4) is 39.5 Å². The van der Waals surface area contributed by atoms with Gasteiger partial charge in [-0.25, -0.2) is 13.8 Å². The number of nitrogens with zero attached hydrogens (tertiary/aromatic N) is 2. The second kappa shape index (κ2) is 12.0. The van der Waals surface area contributed by atoms with Crippen molar-refractivity contribution in [3.63, 3.8) is 0 Å². The number of aromatic amines is 1. The molecule has 0 saturated heterocycles. The van der Waals surface area contributed by atoms with Crippen LogP contribution in [0.4, 0.5) is 8.78 Å². The Labute approximate surface area is 254 Å². The summed E-state index contributed by atoms with van der Waals surface area (Å²) in [7, 11) is 0. The molecule has 6 rings (SSSR count). The molecular weight excluding hydrogens is 588 g/mol. The molecule has 4 N–H and O–H groups in total. The number of rotatable bonds is 9. The van der Waals surface area contributed by atoms with Gasteiger partial charge < -0.3 is 20.5 Å². The average molecular weight is 616 g/mol. The van der Waals surface area contributed by atoms with Gasteiger partial charge in [0.15, 0.2) is 0 Å². The largest absolute Gasteiger partial charge is 0.490 e. The summed E-state index contributed by atoms with van der Waals surface area (Å²) >= 11 is 1.35. The Morgan fingerprint density at radius 1 is 1.20 bits per heavy atom. The molecule has 0 radical (unpaired) electrons. The first-order valence-corrected chi connectivity index (χ1v) is 14.7. The molecule has 2 amide bonds. The summed E-state index contributed by atoms with van der Waals surface area (Å²) in [5.41, 5.74) is 4.34. The summed E-state index contributed by atoms with van der Waals surface area (Å²) in [6.07, 6.45) is 1.83. The topological polar surface area (TPSA) is 129 Å². The summed E-state index contributed by atoms with van der Waals surface area (Å²) in [5.74, 6) is -2.30. The van der Waals surface area contributed by atoms with Crippen molar-refractivity contribution in [2.45, 2.75) is 19.4 Å². The predicted octanol–water partition coefficient (Wildman–Crippen LogP) is 5.32. The maximum absolute atomic E-state index is 15.8. The summed E-state index contributed by atoms with van der Waals surface area (Å²) in [4.78, 5) is 29.4. The number of aromatic nitrogens is 3. The number of aliphatic hydroxyl groups excluding tert-OH is 1. The average Bonchev–Trinajstić information content (AvgIpc) is 3.70. The van der Waals surface area contributed by atoms with Crippen molar-refractivity contribution in [2.24, 2.45) is 0 Å². The lowest BCUT2D eigenvalue weighted by molar-refractivity contribution is -0.117. The van der Waals surface area contributed by atoms with Gasteiger partial charge in [-0.3, -0.25) is 14.7 Å². The van der Waals surface area contributed by atoms with Crippen molar-refractivity contribution in [2.75, 3.05) is 19.8 Å². The molecule has 12 heteroatoms. The molecule has 44 heavy (non-hydrogen) atoms. The second-order valence-electron chi connectivity index (χ2n) is 10.2. The number of hydrogen-bond acceptors (Lipinski definition) is 7. The summed E-state index contributed by atoms with van der Waals surface area (Å²) < 4.78 is 36.5. The van der Waals surface area contributed by atoms with Crippen LogP contribution < -0.4 is 15.4 Å². The SMILES string of the molecule is C=CC(=O)NC(C)c1cc(-c2nc(-c3ccc4c(c3)CCNC4=O)c3ccsc3c2-c2c(F)cc(F)cc2OCCO)n[nH]1. The van der Waals surface area contributed by atoms with Gasteiger partial charge in [-0.15, -0.1) is 11.3 Å². The zero-order chi connectivity index (χ0) is 31.0. The van der Waals surface area contributed by atoms with E-state index in [9.17, 15) is 19.1 Å². The maximum atomic E-state index is 15.8.